The summed E-state index contributed by atoms with van der Waals surface area (Å²) in [6, 6.07) is 0.388. The zero-order valence-corrected chi connectivity index (χ0v) is 9.14. The van der Waals surface area contributed by atoms with Crippen LogP contribution in [0.3, 0.4) is 0 Å². The summed E-state index contributed by atoms with van der Waals surface area (Å²) in [5, 5.41) is 3.05. The van der Waals surface area contributed by atoms with E-state index in [1.54, 1.807) is 6.92 Å². The van der Waals surface area contributed by atoms with Crippen LogP contribution < -0.4 is 5.32 Å². The Hall–Kier alpha value is -0.790. The Kier molecular flexibility index (Phi) is 4.71. The van der Waals surface area contributed by atoms with Crippen molar-refractivity contribution in [3.05, 3.63) is 12.2 Å². The minimum atomic E-state index is 0.0237. The van der Waals surface area contributed by atoms with Crippen molar-refractivity contribution in [2.75, 3.05) is 0 Å². The van der Waals surface area contributed by atoms with Crippen LogP contribution in [0, 0.1) is 0 Å². The Bertz CT molecular complexity index is 202. The molecule has 1 N–H and O–H groups in total. The van der Waals surface area contributed by atoms with Gasteiger partial charge in [-0.25, -0.2) is 0 Å². The molecule has 1 aliphatic carbocycles. The smallest absolute Gasteiger partial charge is 0.246 e. The Morgan fingerprint density at radius 3 is 2.14 bits per heavy atom. The highest BCUT2D eigenvalue weighted by Crippen LogP contribution is 2.17. The number of carbonyl (C=O) groups excluding carboxylic acids is 1. The van der Waals surface area contributed by atoms with Crippen LogP contribution in [0.25, 0.3) is 0 Å². The monoisotopic (exact) mass is 195 g/mol. The van der Waals surface area contributed by atoms with Crippen molar-refractivity contribution >= 4 is 5.91 Å². The molecule has 2 nitrogen and oxygen atoms in total. The lowest BCUT2D eigenvalue weighted by molar-refractivity contribution is -0.118. The summed E-state index contributed by atoms with van der Waals surface area (Å²) in [7, 11) is 0. The van der Waals surface area contributed by atoms with E-state index < -0.39 is 0 Å². The summed E-state index contributed by atoms with van der Waals surface area (Å²) in [4.78, 5) is 11.4. The predicted octanol–water partition coefficient (Wildman–Crippen LogP) is 2.79. The van der Waals surface area contributed by atoms with E-state index in [-0.39, 0.29) is 5.91 Å². The van der Waals surface area contributed by atoms with Gasteiger partial charge in [-0.05, 0) is 19.8 Å². The zero-order valence-electron chi connectivity index (χ0n) is 9.14. The van der Waals surface area contributed by atoms with E-state index in [4.69, 9.17) is 0 Å². The summed E-state index contributed by atoms with van der Waals surface area (Å²) in [6.07, 6.45) is 8.78. The second-order valence-electron chi connectivity index (χ2n) is 4.30. The van der Waals surface area contributed by atoms with Crippen molar-refractivity contribution in [3.8, 4) is 0 Å². The summed E-state index contributed by atoms with van der Waals surface area (Å²) >= 11 is 0. The van der Waals surface area contributed by atoms with E-state index in [0.29, 0.717) is 11.6 Å². The molecule has 0 heterocycles. The second-order valence-corrected chi connectivity index (χ2v) is 4.30. The van der Waals surface area contributed by atoms with Crippen molar-refractivity contribution in [2.45, 2.75) is 57.9 Å². The van der Waals surface area contributed by atoms with Crippen molar-refractivity contribution in [1.29, 1.82) is 0 Å². The van der Waals surface area contributed by atoms with Gasteiger partial charge >= 0.3 is 0 Å². The van der Waals surface area contributed by atoms with Crippen molar-refractivity contribution < 1.29 is 4.79 Å². The third-order valence-corrected chi connectivity index (χ3v) is 2.83. The van der Waals surface area contributed by atoms with Gasteiger partial charge in [0.1, 0.15) is 0 Å². The van der Waals surface area contributed by atoms with E-state index in [1.165, 1.54) is 32.1 Å². The molecule has 0 unspecified atom stereocenters. The molecule has 0 spiro atoms. The number of hydrogen-bond donors (Lipinski definition) is 1. The lowest BCUT2D eigenvalue weighted by Gasteiger charge is -2.20. The summed E-state index contributed by atoms with van der Waals surface area (Å²) in [6.45, 7) is 5.41. The van der Waals surface area contributed by atoms with Crippen LogP contribution in [0.4, 0.5) is 0 Å². The quantitative estimate of drug-likeness (QED) is 0.674. The Morgan fingerprint density at radius 2 is 1.64 bits per heavy atom. The maximum atomic E-state index is 11.4. The van der Waals surface area contributed by atoms with Gasteiger partial charge in [0.2, 0.25) is 5.91 Å². The van der Waals surface area contributed by atoms with Crippen LogP contribution in [0.5, 0.6) is 0 Å². The van der Waals surface area contributed by atoms with E-state index >= 15 is 0 Å². The van der Waals surface area contributed by atoms with Gasteiger partial charge in [0, 0.05) is 11.6 Å². The third kappa shape index (κ3) is 3.95. The molecule has 0 saturated heterocycles. The van der Waals surface area contributed by atoms with Crippen molar-refractivity contribution in [2.24, 2.45) is 0 Å². The second kappa shape index (κ2) is 5.84. The topological polar surface area (TPSA) is 29.1 Å². The van der Waals surface area contributed by atoms with Gasteiger partial charge in [0.15, 0.2) is 0 Å². The molecule has 0 aliphatic heterocycles. The summed E-state index contributed by atoms with van der Waals surface area (Å²) in [5.74, 6) is 0.0237. The molecule has 0 bridgehead atoms. The number of carbonyl (C=O) groups is 1. The van der Waals surface area contributed by atoms with Crippen molar-refractivity contribution in [3.63, 3.8) is 0 Å². The standard InChI is InChI=1S/C12H21NO/c1-10(2)12(14)13-11-8-6-4-3-5-7-9-11/h11H,1,3-9H2,2H3,(H,13,14). The predicted molar refractivity (Wildman–Crippen MR) is 59.1 cm³/mol. The maximum absolute atomic E-state index is 11.4. The van der Waals surface area contributed by atoms with E-state index in [2.05, 4.69) is 11.9 Å². The highest BCUT2D eigenvalue weighted by molar-refractivity contribution is 5.92. The van der Waals surface area contributed by atoms with Gasteiger partial charge in [-0.2, -0.15) is 0 Å². The fourth-order valence-corrected chi connectivity index (χ4v) is 1.91. The van der Waals surface area contributed by atoms with Gasteiger partial charge in [0.05, 0.1) is 0 Å². The third-order valence-electron chi connectivity index (χ3n) is 2.83. The fourth-order valence-electron chi connectivity index (χ4n) is 1.91. The van der Waals surface area contributed by atoms with Crippen LogP contribution in [0.1, 0.15) is 51.9 Å². The number of nitrogens with one attached hydrogen (secondary N) is 1. The maximum Gasteiger partial charge on any atom is 0.246 e. The first kappa shape index (κ1) is 11.3. The van der Waals surface area contributed by atoms with Gasteiger partial charge in [0.25, 0.3) is 0 Å². The van der Waals surface area contributed by atoms with E-state index in [0.717, 1.165) is 12.8 Å². The molecule has 0 aromatic carbocycles. The van der Waals surface area contributed by atoms with Gasteiger partial charge < -0.3 is 5.32 Å². The zero-order chi connectivity index (χ0) is 10.4. The molecule has 1 fully saturated rings. The summed E-state index contributed by atoms with van der Waals surface area (Å²) in [5.41, 5.74) is 0.618. The van der Waals surface area contributed by atoms with E-state index in [1.807, 2.05) is 0 Å². The molecule has 0 radical (unpaired) electrons. The Labute approximate surface area is 86.8 Å². The van der Waals surface area contributed by atoms with Crippen LogP contribution >= 0.6 is 0 Å². The van der Waals surface area contributed by atoms with Crippen LogP contribution in [-0.2, 0) is 4.79 Å². The fraction of sp³-hybridized carbons (Fsp3) is 0.750. The average Bonchev–Trinajstić information content (AvgIpc) is 2.08. The van der Waals surface area contributed by atoms with Crippen LogP contribution in [-0.4, -0.2) is 11.9 Å². The molecule has 0 aromatic heterocycles. The van der Waals surface area contributed by atoms with Crippen LogP contribution in [0.15, 0.2) is 12.2 Å². The highest BCUT2D eigenvalue weighted by atomic mass is 16.1. The first-order valence-electron chi connectivity index (χ1n) is 5.66. The molecule has 1 amide bonds. The minimum absolute atomic E-state index is 0.0237. The Morgan fingerprint density at radius 1 is 1.14 bits per heavy atom. The van der Waals surface area contributed by atoms with Gasteiger partial charge in [-0.1, -0.05) is 38.7 Å². The molecular weight excluding hydrogens is 174 g/mol. The molecular formula is C12H21NO. The molecule has 1 saturated carbocycles. The molecule has 14 heavy (non-hydrogen) atoms. The van der Waals surface area contributed by atoms with Crippen LogP contribution in [0.2, 0.25) is 0 Å². The molecule has 1 rings (SSSR count). The van der Waals surface area contributed by atoms with Crippen molar-refractivity contribution in [1.82, 2.24) is 5.32 Å². The Balaban J connectivity index is 2.33. The lowest BCUT2D eigenvalue weighted by atomic mass is 9.96. The highest BCUT2D eigenvalue weighted by Gasteiger charge is 2.13. The van der Waals surface area contributed by atoms with E-state index in [9.17, 15) is 4.79 Å². The molecule has 2 heteroatoms. The number of amides is 1. The first-order chi connectivity index (χ1) is 6.70. The minimum Gasteiger partial charge on any atom is -0.350 e. The largest absolute Gasteiger partial charge is 0.350 e. The number of hydrogen-bond acceptors (Lipinski definition) is 1. The molecule has 1 aliphatic rings. The SMILES string of the molecule is C=C(C)C(=O)NC1CCCCCCC1. The lowest BCUT2D eigenvalue weighted by Crippen LogP contribution is -2.35. The molecule has 0 atom stereocenters. The number of rotatable bonds is 2. The average molecular weight is 195 g/mol. The van der Waals surface area contributed by atoms with Gasteiger partial charge in [-0.3, -0.25) is 4.79 Å². The first-order valence-corrected chi connectivity index (χ1v) is 5.66. The summed E-state index contributed by atoms with van der Waals surface area (Å²) < 4.78 is 0. The normalized spacial score (nSPS) is 19.5. The molecule has 0 aromatic rings. The molecule has 80 valence electrons. The van der Waals surface area contributed by atoms with Gasteiger partial charge in [-0.15, -0.1) is 0 Å².